The first-order valence-electron chi connectivity index (χ1n) is 14.8. The number of carbonyl (C=O) groups is 2. The Labute approximate surface area is 243 Å². The Morgan fingerprint density at radius 3 is 2.29 bits per heavy atom. The molecule has 0 unspecified atom stereocenters. The number of unbranched alkanes of at least 4 members (excludes halogenated alkanes) is 1. The third kappa shape index (κ3) is 9.89. The van der Waals surface area contributed by atoms with E-state index in [9.17, 15) is 23.5 Å². The molecule has 3 rings (SSSR count). The van der Waals surface area contributed by atoms with Gasteiger partial charge in [-0.2, -0.15) is 0 Å². The molecule has 1 aliphatic rings. The molecule has 0 radical (unpaired) electrons. The van der Waals surface area contributed by atoms with Crippen LogP contribution in [0.4, 0.5) is 8.78 Å². The second kappa shape index (κ2) is 14.9. The number of aliphatic hydroxyl groups excluding tert-OH is 1. The zero-order valence-corrected chi connectivity index (χ0v) is 24.9. The molecule has 0 heterocycles. The molecule has 0 aromatic heterocycles. The number of methoxy groups -OCH3 is 1. The molecule has 0 aliphatic heterocycles. The van der Waals surface area contributed by atoms with Gasteiger partial charge in [0, 0.05) is 31.0 Å². The Kier molecular flexibility index (Phi) is 11.9. The van der Waals surface area contributed by atoms with Crippen molar-refractivity contribution in [3.05, 3.63) is 70.8 Å². The molecule has 8 heteroatoms. The summed E-state index contributed by atoms with van der Waals surface area (Å²) in [7, 11) is 1.32. The van der Waals surface area contributed by atoms with Crippen molar-refractivity contribution in [2.75, 3.05) is 13.7 Å². The lowest BCUT2D eigenvalue weighted by Gasteiger charge is -2.41. The summed E-state index contributed by atoms with van der Waals surface area (Å²) in [6.07, 6.45) is 5.57. The van der Waals surface area contributed by atoms with Crippen LogP contribution < -0.4 is 10.6 Å². The van der Waals surface area contributed by atoms with Crippen molar-refractivity contribution in [1.29, 1.82) is 0 Å². The van der Waals surface area contributed by atoms with Crippen LogP contribution in [0.2, 0.25) is 0 Å². The Morgan fingerprint density at radius 2 is 1.66 bits per heavy atom. The first kappa shape index (κ1) is 32.7. The van der Waals surface area contributed by atoms with E-state index in [-0.39, 0.29) is 48.6 Å². The van der Waals surface area contributed by atoms with Gasteiger partial charge in [-0.3, -0.25) is 9.59 Å². The number of hydrogen-bond donors (Lipinski definition) is 3. The molecule has 226 valence electrons. The number of hydrogen-bond acceptors (Lipinski definition) is 5. The summed E-state index contributed by atoms with van der Waals surface area (Å²) in [6.45, 7) is 6.77. The van der Waals surface area contributed by atoms with Crippen LogP contribution in [0.15, 0.2) is 42.5 Å². The Balaban J connectivity index is 1.76. The Bertz CT molecular complexity index is 1140. The SMILES string of the molecule is COC(=O)CCCCC(=O)N[C@@H](Cc1cc(F)cc(F)c1)[C@H](O)CNC1(c2cccc(C(C)(C)C)c2)CCCCC1. The Morgan fingerprint density at radius 1 is 1.00 bits per heavy atom. The summed E-state index contributed by atoms with van der Waals surface area (Å²) in [6, 6.07) is 11.1. The van der Waals surface area contributed by atoms with E-state index < -0.39 is 23.8 Å². The van der Waals surface area contributed by atoms with E-state index >= 15 is 0 Å². The van der Waals surface area contributed by atoms with Crippen LogP contribution in [0, 0.1) is 11.6 Å². The normalized spacial score (nSPS) is 16.6. The van der Waals surface area contributed by atoms with Gasteiger partial charge in [-0.05, 0) is 66.3 Å². The maximum absolute atomic E-state index is 13.9. The van der Waals surface area contributed by atoms with Crippen molar-refractivity contribution < 1.29 is 28.2 Å². The molecule has 1 amide bonds. The number of benzene rings is 2. The first-order chi connectivity index (χ1) is 19.4. The van der Waals surface area contributed by atoms with Crippen LogP contribution in [0.1, 0.15) is 95.2 Å². The van der Waals surface area contributed by atoms with E-state index in [2.05, 4.69) is 60.4 Å². The minimum Gasteiger partial charge on any atom is -0.469 e. The van der Waals surface area contributed by atoms with Crippen molar-refractivity contribution in [2.24, 2.45) is 0 Å². The second-order valence-corrected chi connectivity index (χ2v) is 12.4. The van der Waals surface area contributed by atoms with Crippen molar-refractivity contribution in [3.63, 3.8) is 0 Å². The lowest BCUT2D eigenvalue weighted by atomic mass is 9.74. The third-order valence-electron chi connectivity index (χ3n) is 8.09. The molecule has 41 heavy (non-hydrogen) atoms. The fourth-order valence-corrected chi connectivity index (χ4v) is 5.65. The average molecular weight is 573 g/mol. The highest BCUT2D eigenvalue weighted by atomic mass is 19.1. The lowest BCUT2D eigenvalue weighted by molar-refractivity contribution is -0.140. The van der Waals surface area contributed by atoms with Gasteiger partial charge in [0.25, 0.3) is 0 Å². The van der Waals surface area contributed by atoms with Gasteiger partial charge in [-0.15, -0.1) is 0 Å². The third-order valence-corrected chi connectivity index (χ3v) is 8.09. The summed E-state index contributed by atoms with van der Waals surface area (Å²) >= 11 is 0. The number of carbonyl (C=O) groups excluding carboxylic acids is 2. The number of nitrogens with one attached hydrogen (secondary N) is 2. The molecule has 0 saturated heterocycles. The molecular formula is C33H46F2N2O4. The summed E-state index contributed by atoms with van der Waals surface area (Å²) in [5, 5.41) is 17.9. The zero-order chi connectivity index (χ0) is 30.0. The van der Waals surface area contributed by atoms with Gasteiger partial charge < -0.3 is 20.5 Å². The number of halogens is 2. The molecule has 2 atom stereocenters. The van der Waals surface area contributed by atoms with E-state index in [0.717, 1.165) is 38.2 Å². The van der Waals surface area contributed by atoms with Gasteiger partial charge in [0.1, 0.15) is 11.6 Å². The first-order valence-corrected chi connectivity index (χ1v) is 14.8. The number of esters is 1. The number of aliphatic hydroxyl groups is 1. The van der Waals surface area contributed by atoms with Crippen LogP contribution in [0.25, 0.3) is 0 Å². The maximum atomic E-state index is 13.9. The summed E-state index contributed by atoms with van der Waals surface area (Å²) in [5.41, 5.74) is 2.47. The van der Waals surface area contributed by atoms with E-state index in [1.54, 1.807) is 0 Å². The highest BCUT2D eigenvalue weighted by Gasteiger charge is 2.35. The van der Waals surface area contributed by atoms with Gasteiger partial charge in [0.2, 0.25) is 5.91 Å². The summed E-state index contributed by atoms with van der Waals surface area (Å²) < 4.78 is 32.5. The largest absolute Gasteiger partial charge is 0.469 e. The minimum absolute atomic E-state index is 0.00214. The fraction of sp³-hybridized carbons (Fsp3) is 0.576. The van der Waals surface area contributed by atoms with Gasteiger partial charge in [-0.1, -0.05) is 64.3 Å². The minimum atomic E-state index is -1.01. The van der Waals surface area contributed by atoms with Crippen molar-refractivity contribution >= 4 is 11.9 Å². The fourth-order valence-electron chi connectivity index (χ4n) is 5.65. The highest BCUT2D eigenvalue weighted by Crippen LogP contribution is 2.38. The Hall–Kier alpha value is -2.84. The molecule has 0 spiro atoms. The van der Waals surface area contributed by atoms with Gasteiger partial charge in [0.15, 0.2) is 0 Å². The van der Waals surface area contributed by atoms with Gasteiger partial charge >= 0.3 is 5.97 Å². The lowest BCUT2D eigenvalue weighted by Crippen LogP contribution is -2.53. The van der Waals surface area contributed by atoms with E-state index in [1.807, 2.05) is 0 Å². The second-order valence-electron chi connectivity index (χ2n) is 12.4. The number of amides is 1. The summed E-state index contributed by atoms with van der Waals surface area (Å²) in [5.74, 6) is -2.04. The van der Waals surface area contributed by atoms with Crippen LogP contribution in [-0.2, 0) is 31.7 Å². The van der Waals surface area contributed by atoms with Crippen LogP contribution in [0.3, 0.4) is 0 Å². The zero-order valence-electron chi connectivity index (χ0n) is 24.9. The molecule has 2 aromatic rings. The number of ether oxygens (including phenoxy) is 1. The average Bonchev–Trinajstić information content (AvgIpc) is 2.93. The predicted molar refractivity (Wildman–Crippen MR) is 156 cm³/mol. The molecule has 1 aliphatic carbocycles. The van der Waals surface area contributed by atoms with E-state index in [1.165, 1.54) is 30.4 Å². The van der Waals surface area contributed by atoms with Crippen molar-refractivity contribution in [2.45, 2.75) is 108 Å². The van der Waals surface area contributed by atoms with Gasteiger partial charge in [0.05, 0.1) is 19.3 Å². The van der Waals surface area contributed by atoms with Crippen molar-refractivity contribution in [1.82, 2.24) is 10.6 Å². The molecule has 2 aromatic carbocycles. The highest BCUT2D eigenvalue weighted by molar-refractivity contribution is 5.76. The van der Waals surface area contributed by atoms with Crippen LogP contribution >= 0.6 is 0 Å². The molecule has 1 saturated carbocycles. The monoisotopic (exact) mass is 572 g/mol. The molecular weight excluding hydrogens is 526 g/mol. The smallest absolute Gasteiger partial charge is 0.305 e. The molecule has 6 nitrogen and oxygen atoms in total. The molecule has 0 bridgehead atoms. The number of rotatable bonds is 13. The van der Waals surface area contributed by atoms with Crippen LogP contribution in [-0.4, -0.2) is 42.8 Å². The van der Waals surface area contributed by atoms with Crippen molar-refractivity contribution in [3.8, 4) is 0 Å². The van der Waals surface area contributed by atoms with Crippen LogP contribution in [0.5, 0.6) is 0 Å². The summed E-state index contributed by atoms with van der Waals surface area (Å²) in [4.78, 5) is 24.2. The van der Waals surface area contributed by atoms with E-state index in [0.29, 0.717) is 18.4 Å². The topological polar surface area (TPSA) is 87.7 Å². The molecule has 3 N–H and O–H groups in total. The standard InChI is InChI=1S/C33H46F2N2O4/c1-32(2,3)24-11-10-12-25(20-24)33(15-8-5-9-16-33)36-22-29(38)28(19-23-17-26(34)21-27(35)18-23)37-30(39)13-6-7-14-31(40)41-4/h10-12,17-18,20-21,28-29,36,38H,5-9,13-16,19,22H2,1-4H3,(H,37,39)/t28-,29+/m0/s1. The quantitative estimate of drug-likeness (QED) is 0.208. The van der Waals surface area contributed by atoms with E-state index in [4.69, 9.17) is 0 Å². The maximum Gasteiger partial charge on any atom is 0.305 e. The predicted octanol–water partition coefficient (Wildman–Crippen LogP) is 5.83. The van der Waals surface area contributed by atoms with Gasteiger partial charge in [-0.25, -0.2) is 8.78 Å². The molecule has 1 fully saturated rings.